The van der Waals surface area contributed by atoms with Crippen LogP contribution in [0.15, 0.2) is 30.5 Å². The maximum Gasteiger partial charge on any atom is 0.494 e. The Morgan fingerprint density at radius 3 is 2.27 bits per heavy atom. The molecular formula is C21H29BN2O2. The summed E-state index contributed by atoms with van der Waals surface area (Å²) in [5, 5.41) is 0. The Morgan fingerprint density at radius 2 is 1.69 bits per heavy atom. The van der Waals surface area contributed by atoms with Crippen LogP contribution in [0.4, 0.5) is 0 Å². The third-order valence-electron chi connectivity index (χ3n) is 6.42. The van der Waals surface area contributed by atoms with Gasteiger partial charge in [-0.15, -0.1) is 0 Å². The van der Waals surface area contributed by atoms with Crippen molar-refractivity contribution in [2.75, 3.05) is 0 Å². The van der Waals surface area contributed by atoms with E-state index >= 15 is 0 Å². The molecule has 2 atom stereocenters. The summed E-state index contributed by atoms with van der Waals surface area (Å²) < 4.78 is 12.3. The first-order chi connectivity index (χ1) is 12.2. The molecule has 0 radical (unpaired) electrons. The molecule has 0 bridgehead atoms. The van der Waals surface area contributed by atoms with Gasteiger partial charge in [-0.05, 0) is 63.9 Å². The van der Waals surface area contributed by atoms with Gasteiger partial charge in [0.15, 0.2) is 0 Å². The highest BCUT2D eigenvalue weighted by Gasteiger charge is 2.51. The summed E-state index contributed by atoms with van der Waals surface area (Å²) in [4.78, 5) is 8.18. The molecule has 4 nitrogen and oxygen atoms in total. The second-order valence-corrected chi connectivity index (χ2v) is 9.01. The summed E-state index contributed by atoms with van der Waals surface area (Å²) in [6, 6.07) is 8.43. The predicted molar refractivity (Wildman–Crippen MR) is 105 cm³/mol. The smallest absolute Gasteiger partial charge is 0.399 e. The summed E-state index contributed by atoms with van der Waals surface area (Å²) in [6.07, 6.45) is 5.76. The average Bonchev–Trinajstić information content (AvgIpc) is 3.26. The van der Waals surface area contributed by atoms with Gasteiger partial charge in [0.2, 0.25) is 0 Å². The Bertz CT molecular complexity index is 766. The number of hydrogen-bond donors (Lipinski definition) is 1. The zero-order chi connectivity index (χ0) is 18.5. The van der Waals surface area contributed by atoms with Crippen LogP contribution in [0.1, 0.15) is 65.6 Å². The second kappa shape index (κ2) is 6.24. The minimum atomic E-state index is -0.314. The highest BCUT2D eigenvalue weighted by Crippen LogP contribution is 2.38. The van der Waals surface area contributed by atoms with E-state index in [1.54, 1.807) is 0 Å². The number of aromatic amines is 1. The van der Waals surface area contributed by atoms with E-state index in [1.165, 1.54) is 19.3 Å². The van der Waals surface area contributed by atoms with Crippen LogP contribution >= 0.6 is 0 Å². The third kappa shape index (κ3) is 3.12. The molecule has 2 fully saturated rings. The van der Waals surface area contributed by atoms with E-state index in [1.807, 2.05) is 6.20 Å². The molecule has 0 spiro atoms. The second-order valence-electron chi connectivity index (χ2n) is 9.01. The molecule has 2 heterocycles. The Labute approximate surface area is 156 Å². The molecule has 1 aliphatic carbocycles. The van der Waals surface area contributed by atoms with E-state index in [0.29, 0.717) is 5.92 Å². The van der Waals surface area contributed by atoms with Gasteiger partial charge in [-0.3, -0.25) is 0 Å². The number of rotatable bonds is 3. The number of aromatic nitrogens is 2. The molecule has 0 amide bonds. The number of H-pyrrole nitrogens is 1. The normalized spacial score (nSPS) is 27.2. The van der Waals surface area contributed by atoms with Gasteiger partial charge in [0, 0.05) is 5.92 Å². The van der Waals surface area contributed by atoms with E-state index in [4.69, 9.17) is 9.31 Å². The van der Waals surface area contributed by atoms with Crippen LogP contribution in [0.3, 0.4) is 0 Å². The van der Waals surface area contributed by atoms with Crippen LogP contribution in [0, 0.1) is 5.92 Å². The zero-order valence-electron chi connectivity index (χ0n) is 16.5. The van der Waals surface area contributed by atoms with Crippen molar-refractivity contribution in [3.63, 3.8) is 0 Å². The van der Waals surface area contributed by atoms with Crippen LogP contribution in [0.2, 0.25) is 0 Å². The molecule has 1 aromatic carbocycles. The molecule has 1 N–H and O–H groups in total. The van der Waals surface area contributed by atoms with Gasteiger partial charge < -0.3 is 14.3 Å². The molecule has 2 aliphatic rings. The zero-order valence-corrected chi connectivity index (χ0v) is 16.5. The fourth-order valence-corrected chi connectivity index (χ4v) is 3.95. The van der Waals surface area contributed by atoms with Gasteiger partial charge in [0.25, 0.3) is 0 Å². The maximum atomic E-state index is 6.13. The van der Waals surface area contributed by atoms with Crippen molar-refractivity contribution < 1.29 is 9.31 Å². The predicted octanol–water partition coefficient (Wildman–Crippen LogP) is 4.28. The fourth-order valence-electron chi connectivity index (χ4n) is 3.95. The van der Waals surface area contributed by atoms with Gasteiger partial charge in [0.05, 0.1) is 23.1 Å². The lowest BCUT2D eigenvalue weighted by molar-refractivity contribution is 0.00578. The molecule has 1 aliphatic heterocycles. The van der Waals surface area contributed by atoms with Crippen molar-refractivity contribution in [2.45, 2.75) is 71.0 Å². The van der Waals surface area contributed by atoms with Gasteiger partial charge in [-0.2, -0.15) is 0 Å². The minimum Gasteiger partial charge on any atom is -0.399 e. The van der Waals surface area contributed by atoms with E-state index in [9.17, 15) is 0 Å². The quantitative estimate of drug-likeness (QED) is 0.839. The number of hydrogen-bond acceptors (Lipinski definition) is 3. The maximum absolute atomic E-state index is 6.13. The van der Waals surface area contributed by atoms with Gasteiger partial charge in [-0.25, -0.2) is 4.98 Å². The van der Waals surface area contributed by atoms with Gasteiger partial charge in [0.1, 0.15) is 5.82 Å². The molecule has 138 valence electrons. The van der Waals surface area contributed by atoms with Crippen LogP contribution in [-0.2, 0) is 9.31 Å². The lowest BCUT2D eigenvalue weighted by atomic mass is 9.79. The van der Waals surface area contributed by atoms with E-state index in [2.05, 4.69) is 68.9 Å². The van der Waals surface area contributed by atoms with Crippen LogP contribution in [0.5, 0.6) is 0 Å². The third-order valence-corrected chi connectivity index (χ3v) is 6.42. The monoisotopic (exact) mass is 352 g/mol. The van der Waals surface area contributed by atoms with Crippen molar-refractivity contribution >= 4 is 12.6 Å². The van der Waals surface area contributed by atoms with E-state index in [-0.39, 0.29) is 18.3 Å². The number of nitrogens with zero attached hydrogens (tertiary/aromatic N) is 1. The number of imidazole rings is 1. The molecule has 26 heavy (non-hydrogen) atoms. The Morgan fingerprint density at radius 1 is 1.04 bits per heavy atom. The summed E-state index contributed by atoms with van der Waals surface area (Å²) in [5.41, 5.74) is 2.66. The summed E-state index contributed by atoms with van der Waals surface area (Å²) in [5.74, 6) is 2.54. The van der Waals surface area contributed by atoms with Crippen LogP contribution in [0.25, 0.3) is 11.3 Å². The Kier molecular flexibility index (Phi) is 4.28. The Balaban J connectivity index is 1.50. The highest BCUT2D eigenvalue weighted by molar-refractivity contribution is 6.62. The largest absolute Gasteiger partial charge is 0.494 e. The molecular weight excluding hydrogens is 323 g/mol. The molecule has 1 saturated heterocycles. The van der Waals surface area contributed by atoms with Crippen LogP contribution in [-0.4, -0.2) is 28.3 Å². The average molecular weight is 352 g/mol. The topological polar surface area (TPSA) is 47.1 Å². The molecule has 5 heteroatoms. The first kappa shape index (κ1) is 17.8. The van der Waals surface area contributed by atoms with Gasteiger partial charge in [-0.1, -0.05) is 31.2 Å². The van der Waals surface area contributed by atoms with Crippen molar-refractivity contribution in [1.82, 2.24) is 9.97 Å². The number of nitrogens with one attached hydrogen (secondary N) is 1. The Hall–Kier alpha value is -1.59. The fraction of sp³-hybridized carbons (Fsp3) is 0.571. The molecule has 2 aromatic rings. The lowest BCUT2D eigenvalue weighted by Gasteiger charge is -2.32. The first-order valence-electron chi connectivity index (χ1n) is 9.76. The van der Waals surface area contributed by atoms with Crippen molar-refractivity contribution in [2.24, 2.45) is 5.92 Å². The molecule has 4 rings (SSSR count). The highest BCUT2D eigenvalue weighted by atomic mass is 16.7. The SMILES string of the molecule is C[C@@H]1CC[C@H](c2ncc(-c3ccc(B4OC(C)(C)C(C)(C)O4)cc3)[nH]2)C1. The standard InChI is InChI=1S/C21H29BN2O2/c1-14-6-7-16(12-14)19-23-13-18(24-19)15-8-10-17(11-9-15)22-25-20(2,3)21(4,5)26-22/h8-11,13-14,16H,6-7,12H2,1-5H3,(H,23,24)/t14-,16+/m1/s1. The van der Waals surface area contributed by atoms with Gasteiger partial charge >= 0.3 is 7.12 Å². The van der Waals surface area contributed by atoms with Crippen LogP contribution < -0.4 is 5.46 Å². The minimum absolute atomic E-state index is 0.312. The summed E-state index contributed by atoms with van der Waals surface area (Å²) >= 11 is 0. The molecule has 1 saturated carbocycles. The van der Waals surface area contributed by atoms with Crippen molar-refractivity contribution in [3.8, 4) is 11.3 Å². The lowest BCUT2D eigenvalue weighted by Crippen LogP contribution is -2.41. The van der Waals surface area contributed by atoms with Crippen molar-refractivity contribution in [3.05, 3.63) is 36.3 Å². The summed E-state index contributed by atoms with van der Waals surface area (Å²) in [6.45, 7) is 10.7. The van der Waals surface area contributed by atoms with E-state index < -0.39 is 0 Å². The first-order valence-corrected chi connectivity index (χ1v) is 9.76. The molecule has 1 aromatic heterocycles. The number of benzene rings is 1. The molecule has 0 unspecified atom stereocenters. The summed E-state index contributed by atoms with van der Waals surface area (Å²) in [7, 11) is -0.314. The van der Waals surface area contributed by atoms with E-state index in [0.717, 1.165) is 28.5 Å². The van der Waals surface area contributed by atoms with Crippen molar-refractivity contribution in [1.29, 1.82) is 0 Å².